The summed E-state index contributed by atoms with van der Waals surface area (Å²) in [4.78, 5) is 33.0. The normalized spacial score (nSPS) is 11.8. The molecule has 0 bridgehead atoms. The van der Waals surface area contributed by atoms with Crippen LogP contribution in [0, 0.1) is 6.92 Å². The molecule has 4 aromatic rings. The molecule has 3 aromatic carbocycles. The number of rotatable bonds is 5. The number of halogens is 1. The highest BCUT2D eigenvalue weighted by Gasteiger charge is 2.25. The maximum absolute atomic E-state index is 13.6. The maximum atomic E-state index is 13.6. The molecule has 34 heavy (non-hydrogen) atoms. The van der Waals surface area contributed by atoms with Crippen molar-refractivity contribution in [2.24, 2.45) is 0 Å². The zero-order valence-electron chi connectivity index (χ0n) is 19.4. The Kier molecular flexibility index (Phi) is 6.56. The molecule has 1 N–H and O–H groups in total. The molecule has 1 unspecified atom stereocenters. The van der Waals surface area contributed by atoms with E-state index in [1.165, 1.54) is 4.90 Å². The number of amides is 2. The fourth-order valence-corrected chi connectivity index (χ4v) is 4.02. The second-order valence-corrected chi connectivity index (χ2v) is 8.44. The Morgan fingerprint density at radius 3 is 2.62 bits per heavy atom. The van der Waals surface area contributed by atoms with Crippen LogP contribution in [0.15, 0.2) is 71.5 Å². The molecule has 1 heterocycles. The van der Waals surface area contributed by atoms with Gasteiger partial charge in [-0.3, -0.25) is 9.36 Å². The number of nitrogens with one attached hydrogen (secondary N) is 1. The molecule has 174 valence electrons. The smallest absolute Gasteiger partial charge is 0.322 e. The quantitative estimate of drug-likeness (QED) is 0.408. The number of fused-ring (bicyclic) bond motifs is 1. The molecule has 7 nitrogen and oxygen atoms in total. The second-order valence-electron chi connectivity index (χ2n) is 8.01. The number of anilines is 1. The minimum absolute atomic E-state index is 0.209. The number of ether oxygens (including phenoxy) is 1. The van der Waals surface area contributed by atoms with Gasteiger partial charge in [0.25, 0.3) is 5.56 Å². The summed E-state index contributed by atoms with van der Waals surface area (Å²) in [6.07, 6.45) is 0. The molecule has 0 fully saturated rings. The highest BCUT2D eigenvalue weighted by Crippen LogP contribution is 2.26. The monoisotopic (exact) mass is 476 g/mol. The van der Waals surface area contributed by atoms with E-state index in [9.17, 15) is 9.59 Å². The minimum atomic E-state index is -0.530. The fourth-order valence-electron chi connectivity index (χ4n) is 3.79. The number of aromatic nitrogens is 2. The molecule has 4 rings (SSSR count). The third-order valence-corrected chi connectivity index (χ3v) is 6.03. The third-order valence-electron chi connectivity index (χ3n) is 5.80. The van der Waals surface area contributed by atoms with Gasteiger partial charge in [0, 0.05) is 23.8 Å². The van der Waals surface area contributed by atoms with E-state index in [0.717, 1.165) is 5.56 Å². The van der Waals surface area contributed by atoms with Crippen molar-refractivity contribution in [2.45, 2.75) is 19.9 Å². The molecule has 0 spiro atoms. The van der Waals surface area contributed by atoms with Gasteiger partial charge in [-0.2, -0.15) is 0 Å². The van der Waals surface area contributed by atoms with Crippen molar-refractivity contribution in [1.82, 2.24) is 14.5 Å². The van der Waals surface area contributed by atoms with Crippen LogP contribution in [-0.2, 0) is 0 Å². The lowest BCUT2D eigenvalue weighted by molar-refractivity contribution is 0.205. The summed E-state index contributed by atoms with van der Waals surface area (Å²) in [6.45, 7) is 3.72. The van der Waals surface area contributed by atoms with Gasteiger partial charge in [-0.25, -0.2) is 9.78 Å². The second kappa shape index (κ2) is 9.57. The van der Waals surface area contributed by atoms with Crippen molar-refractivity contribution < 1.29 is 9.53 Å². The predicted octanol–water partition coefficient (Wildman–Crippen LogP) is 5.58. The van der Waals surface area contributed by atoms with Crippen LogP contribution in [0.1, 0.15) is 24.4 Å². The van der Waals surface area contributed by atoms with Gasteiger partial charge in [0.1, 0.15) is 11.6 Å². The molecule has 0 aliphatic carbocycles. The summed E-state index contributed by atoms with van der Waals surface area (Å²) in [7, 11) is 3.24. The molecular formula is C26H25ClN4O3. The summed E-state index contributed by atoms with van der Waals surface area (Å²) in [5.41, 5.74) is 2.44. The van der Waals surface area contributed by atoms with E-state index >= 15 is 0 Å². The average molecular weight is 477 g/mol. The van der Waals surface area contributed by atoms with E-state index in [2.05, 4.69) is 5.32 Å². The van der Waals surface area contributed by atoms with Crippen LogP contribution in [0.4, 0.5) is 10.5 Å². The summed E-state index contributed by atoms with van der Waals surface area (Å²) < 4.78 is 6.79. The fraction of sp³-hybridized carbons (Fsp3) is 0.192. The van der Waals surface area contributed by atoms with E-state index in [0.29, 0.717) is 38.9 Å². The van der Waals surface area contributed by atoms with E-state index in [-0.39, 0.29) is 11.6 Å². The van der Waals surface area contributed by atoms with E-state index < -0.39 is 6.04 Å². The number of aryl methyl sites for hydroxylation is 1. The Labute approximate surface area is 202 Å². The SMILES string of the molecule is COc1cccc(NC(=O)N(C)C(C)c2nc3ccccc3c(=O)n2-c2ccc(Cl)cc2C)c1. The number of hydrogen-bond donors (Lipinski definition) is 1. The lowest BCUT2D eigenvalue weighted by atomic mass is 10.1. The van der Waals surface area contributed by atoms with Crippen LogP contribution in [0.3, 0.4) is 0 Å². The highest BCUT2D eigenvalue weighted by molar-refractivity contribution is 6.30. The van der Waals surface area contributed by atoms with E-state index in [1.807, 2.05) is 19.9 Å². The van der Waals surface area contributed by atoms with Gasteiger partial charge in [0.15, 0.2) is 0 Å². The number of methoxy groups -OCH3 is 1. The number of para-hydroxylation sites is 1. The Balaban J connectivity index is 1.79. The summed E-state index contributed by atoms with van der Waals surface area (Å²) in [6, 6.07) is 18.7. The van der Waals surface area contributed by atoms with Crippen LogP contribution in [0.5, 0.6) is 5.75 Å². The summed E-state index contributed by atoms with van der Waals surface area (Å²) in [5, 5.41) is 3.94. The molecular weight excluding hydrogens is 452 g/mol. The van der Waals surface area contributed by atoms with Crippen LogP contribution in [0.2, 0.25) is 5.02 Å². The molecule has 0 saturated heterocycles. The Morgan fingerprint density at radius 2 is 1.88 bits per heavy atom. The first-order valence-electron chi connectivity index (χ1n) is 10.8. The number of carbonyl (C=O) groups is 1. The minimum Gasteiger partial charge on any atom is -0.497 e. The van der Waals surface area contributed by atoms with Gasteiger partial charge in [0.2, 0.25) is 0 Å². The maximum Gasteiger partial charge on any atom is 0.322 e. The van der Waals surface area contributed by atoms with Crippen LogP contribution >= 0.6 is 11.6 Å². The number of urea groups is 1. The van der Waals surface area contributed by atoms with Crippen LogP contribution < -0.4 is 15.6 Å². The third kappa shape index (κ3) is 4.47. The first kappa shape index (κ1) is 23.3. The van der Waals surface area contributed by atoms with Gasteiger partial charge in [-0.05, 0) is 61.9 Å². The summed E-state index contributed by atoms with van der Waals surface area (Å²) >= 11 is 6.16. The molecule has 1 atom stereocenters. The Hall–Kier alpha value is -3.84. The summed E-state index contributed by atoms with van der Waals surface area (Å²) in [5.74, 6) is 1.08. The van der Waals surface area contributed by atoms with Gasteiger partial charge in [0.05, 0.1) is 29.7 Å². The van der Waals surface area contributed by atoms with Crippen molar-refractivity contribution in [1.29, 1.82) is 0 Å². The lowest BCUT2D eigenvalue weighted by Gasteiger charge is -2.27. The zero-order chi connectivity index (χ0) is 24.4. The Morgan fingerprint density at radius 1 is 1.12 bits per heavy atom. The number of hydrogen-bond acceptors (Lipinski definition) is 4. The number of carbonyl (C=O) groups excluding carboxylic acids is 1. The Bertz CT molecular complexity index is 1430. The number of benzene rings is 3. The van der Waals surface area contributed by atoms with Gasteiger partial charge < -0.3 is 15.0 Å². The first-order chi connectivity index (χ1) is 16.3. The van der Waals surface area contributed by atoms with Crippen molar-refractivity contribution in [3.8, 4) is 11.4 Å². The standard InChI is InChI=1S/C26H25ClN4O3/c1-16-14-18(27)12-13-23(16)31-24(29-22-11-6-5-10-21(22)25(31)32)17(2)30(3)26(33)28-19-8-7-9-20(15-19)34-4/h5-15,17H,1-4H3,(H,28,33). The van der Waals surface area contributed by atoms with Gasteiger partial charge >= 0.3 is 6.03 Å². The van der Waals surface area contributed by atoms with E-state index in [4.69, 9.17) is 21.3 Å². The topological polar surface area (TPSA) is 76.5 Å². The molecule has 8 heteroatoms. The van der Waals surface area contributed by atoms with Crippen molar-refractivity contribution in [3.63, 3.8) is 0 Å². The molecule has 0 aliphatic rings. The highest BCUT2D eigenvalue weighted by atomic mass is 35.5. The molecule has 0 aliphatic heterocycles. The van der Waals surface area contributed by atoms with Gasteiger partial charge in [-0.1, -0.05) is 29.8 Å². The molecule has 0 radical (unpaired) electrons. The van der Waals surface area contributed by atoms with E-state index in [1.54, 1.807) is 79.4 Å². The van der Waals surface area contributed by atoms with Crippen molar-refractivity contribution in [2.75, 3.05) is 19.5 Å². The molecule has 0 saturated carbocycles. The van der Waals surface area contributed by atoms with Gasteiger partial charge in [-0.15, -0.1) is 0 Å². The average Bonchev–Trinajstić information content (AvgIpc) is 2.83. The van der Waals surface area contributed by atoms with Crippen molar-refractivity contribution in [3.05, 3.63) is 93.5 Å². The molecule has 2 amide bonds. The lowest BCUT2D eigenvalue weighted by Crippen LogP contribution is -2.37. The van der Waals surface area contributed by atoms with Crippen LogP contribution in [0.25, 0.3) is 16.6 Å². The predicted molar refractivity (Wildman–Crippen MR) is 135 cm³/mol. The van der Waals surface area contributed by atoms with Crippen LogP contribution in [-0.4, -0.2) is 34.6 Å². The van der Waals surface area contributed by atoms with Crippen molar-refractivity contribution >= 4 is 34.2 Å². The molecule has 1 aromatic heterocycles. The largest absolute Gasteiger partial charge is 0.497 e. The number of nitrogens with zero attached hydrogens (tertiary/aromatic N) is 3. The zero-order valence-corrected chi connectivity index (χ0v) is 20.1. The first-order valence-corrected chi connectivity index (χ1v) is 11.1.